The molecule has 16 nitrogen and oxygen atoms in total. The van der Waals surface area contributed by atoms with Crippen molar-refractivity contribution < 1.29 is 112 Å². The zero-order chi connectivity index (χ0) is 56.0. The largest absolute Gasteiger partial charge is 0.478 e. The normalized spacial score (nSPS) is 17.2. The number of hydrogen-bond acceptors (Lipinski definition) is 16. The molecule has 0 saturated carbocycles. The summed E-state index contributed by atoms with van der Waals surface area (Å²) in [4.78, 5) is 22.5. The van der Waals surface area contributed by atoms with Crippen LogP contribution >= 0.6 is 0 Å². The lowest BCUT2D eigenvalue weighted by Crippen LogP contribution is -2.40. The van der Waals surface area contributed by atoms with Crippen LogP contribution in [0.5, 0.6) is 0 Å². The maximum Gasteiger partial charge on any atom is 0.478 e. The summed E-state index contributed by atoms with van der Waals surface area (Å²) in [5, 5.41) is 2.37. The smallest absolute Gasteiger partial charge is 0.460 e. The Morgan fingerprint density at radius 1 is 0.533 bits per heavy atom. The van der Waals surface area contributed by atoms with E-state index in [0.29, 0.717) is 39.1 Å². The van der Waals surface area contributed by atoms with E-state index < -0.39 is 78.7 Å². The van der Waals surface area contributed by atoms with Crippen molar-refractivity contribution in [2.24, 2.45) is 10.3 Å². The molecule has 2 atom stereocenters. The van der Waals surface area contributed by atoms with Gasteiger partial charge in [-0.25, -0.2) is 9.59 Å². The molecule has 0 bridgehead atoms. The van der Waals surface area contributed by atoms with Gasteiger partial charge < -0.3 is 33.6 Å². The molecule has 428 valence electrons. The third kappa shape index (κ3) is 25.3. The first-order valence-electron chi connectivity index (χ1n) is 23.7. The van der Waals surface area contributed by atoms with Crippen LogP contribution in [0.2, 0.25) is 0 Å². The quantitative estimate of drug-likeness (QED) is 0.0160. The molecule has 0 aromatic heterocycles. The lowest BCUT2D eigenvalue weighted by Gasteiger charge is -2.22. The molecule has 1 N–H and O–H groups in total. The van der Waals surface area contributed by atoms with Crippen molar-refractivity contribution in [1.29, 1.82) is 0 Å². The lowest BCUT2D eigenvalue weighted by molar-refractivity contribution is -0.163. The summed E-state index contributed by atoms with van der Waals surface area (Å²) in [6.45, 7) is 1.81. The van der Waals surface area contributed by atoms with Crippen molar-refractivity contribution in [1.82, 2.24) is 0 Å². The van der Waals surface area contributed by atoms with Gasteiger partial charge in [0.2, 0.25) is 0 Å². The van der Waals surface area contributed by atoms with Gasteiger partial charge in [-0.15, -0.1) is 0 Å². The number of carbonyl (C=O) groups is 2. The fraction of sp³-hybridized carbons (Fsp3) is 0.652. The van der Waals surface area contributed by atoms with Crippen molar-refractivity contribution in [3.05, 3.63) is 71.8 Å². The second-order valence-electron chi connectivity index (χ2n) is 16.5. The predicted octanol–water partition coefficient (Wildman–Crippen LogP) is 11.1. The molecule has 2 saturated heterocycles. The molecular weight excluding hydrogens is 1080 g/mol. The lowest BCUT2D eigenvalue weighted by atomic mass is 10.1. The minimum absolute atomic E-state index is 0.0882. The molecule has 2 aromatic rings. The molecule has 0 amide bonds. The second kappa shape index (κ2) is 33.4. The number of rotatable bonds is 28. The Hall–Kier alpha value is -4.71. The highest BCUT2D eigenvalue weighted by molar-refractivity contribution is 7.88. The Kier molecular flexibility index (Phi) is 29.6. The molecule has 0 radical (unpaired) electrons. The van der Waals surface area contributed by atoms with E-state index in [-0.39, 0.29) is 31.2 Å². The van der Waals surface area contributed by atoms with Gasteiger partial charge in [0.05, 0.1) is 13.2 Å². The summed E-state index contributed by atoms with van der Waals surface area (Å²) in [7, 11) is -12.5. The van der Waals surface area contributed by atoms with Gasteiger partial charge >= 0.3 is 55.1 Å². The summed E-state index contributed by atoms with van der Waals surface area (Å²) in [5.74, 6) is -4.84. The molecular formula is C46H61F11N2O14S2. The molecule has 0 aliphatic carbocycles. The minimum Gasteiger partial charge on any atom is -0.460 e. The zero-order valence-electron chi connectivity index (χ0n) is 40.5. The fourth-order valence-electron chi connectivity index (χ4n) is 6.51. The van der Waals surface area contributed by atoms with Crippen molar-refractivity contribution in [2.75, 3.05) is 39.6 Å². The van der Waals surface area contributed by atoms with Crippen molar-refractivity contribution >= 4 is 43.7 Å². The minimum atomic E-state index is -6.30. The zero-order valence-corrected chi connectivity index (χ0v) is 42.2. The van der Waals surface area contributed by atoms with Gasteiger partial charge in [-0.1, -0.05) is 126 Å². The number of hydrogen-bond donors (Lipinski definition) is 1. The summed E-state index contributed by atoms with van der Waals surface area (Å²) >= 11 is 0. The van der Waals surface area contributed by atoms with E-state index >= 15 is 0 Å². The number of benzene rings is 2. The number of esters is 2. The highest BCUT2D eigenvalue weighted by Crippen LogP contribution is 2.29. The third-order valence-electron chi connectivity index (χ3n) is 10.5. The Balaban J connectivity index is 0.000000433. The maximum atomic E-state index is 14.1. The number of alkyl halides is 10. The van der Waals surface area contributed by atoms with Crippen LogP contribution in [0.1, 0.15) is 127 Å². The van der Waals surface area contributed by atoms with Gasteiger partial charge in [0.1, 0.15) is 0 Å². The van der Waals surface area contributed by atoms with Gasteiger partial charge in [-0.05, 0) is 64.2 Å². The average Bonchev–Trinajstić information content (AvgIpc) is 3.35. The Morgan fingerprint density at radius 2 is 0.893 bits per heavy atom. The molecule has 2 aliphatic rings. The standard InChI is InChI=1S/C23H30F5NO7S.C15H25F3O6S.C8H6F3NO/c24-22(25,26)20(18-12-6-5-7-13-18)29-36-37(31,32)23(27,28)21(30)35-17-10-4-2-1-3-9-15-33-19-14-8-11-16-34-19;16-15(17,25(18,20)21)14(19)24-12-7-4-2-1-3-6-10-22-13-9-5-8-11-23-13;9-8(10,11)7(12-13)6-4-2-1-3-5-6/h5-7,12-13,19H,1-4,8-11,14-17H2;13H,1-12H2;1-5,13H/b29-20-;;12-7-. The van der Waals surface area contributed by atoms with Crippen LogP contribution in [0.25, 0.3) is 0 Å². The Morgan fingerprint density at radius 3 is 1.24 bits per heavy atom. The monoisotopic (exact) mass is 1140 g/mol. The number of ether oxygens (including phenoxy) is 6. The first-order chi connectivity index (χ1) is 35.3. The van der Waals surface area contributed by atoms with Crippen molar-refractivity contribution in [3.63, 3.8) is 0 Å². The van der Waals surface area contributed by atoms with Crippen LogP contribution < -0.4 is 0 Å². The van der Waals surface area contributed by atoms with Crippen LogP contribution in [0.4, 0.5) is 47.8 Å². The van der Waals surface area contributed by atoms with Crippen LogP contribution in [0.3, 0.4) is 0 Å². The maximum absolute atomic E-state index is 14.1. The fourth-order valence-corrected chi connectivity index (χ4v) is 7.30. The van der Waals surface area contributed by atoms with Crippen molar-refractivity contribution in [3.8, 4) is 0 Å². The van der Waals surface area contributed by atoms with Gasteiger partial charge in [0.15, 0.2) is 24.0 Å². The molecule has 75 heavy (non-hydrogen) atoms. The average molecular weight is 1140 g/mol. The Bertz CT molecular complexity index is 2230. The summed E-state index contributed by atoms with van der Waals surface area (Å²) in [5.41, 5.74) is -3.93. The van der Waals surface area contributed by atoms with E-state index in [1.165, 1.54) is 42.5 Å². The molecule has 0 spiro atoms. The molecule has 2 aliphatic heterocycles. The van der Waals surface area contributed by atoms with Crippen LogP contribution in [-0.2, 0) is 62.6 Å². The first kappa shape index (κ1) is 66.4. The van der Waals surface area contributed by atoms with Gasteiger partial charge in [0.25, 0.3) is 0 Å². The predicted molar refractivity (Wildman–Crippen MR) is 246 cm³/mol. The number of nitrogens with zero attached hydrogens (tertiary/aromatic N) is 2. The summed E-state index contributed by atoms with van der Waals surface area (Å²) < 4.78 is 220. The summed E-state index contributed by atoms with van der Waals surface area (Å²) in [6.07, 6.45) is 4.59. The summed E-state index contributed by atoms with van der Waals surface area (Å²) in [6, 6.07) is 12.5. The van der Waals surface area contributed by atoms with E-state index in [1.807, 2.05) is 0 Å². The molecule has 2 fully saturated rings. The highest BCUT2D eigenvalue weighted by atomic mass is 32.3. The SMILES string of the molecule is O/N=C(/c1ccccc1)C(F)(F)F.O=C(OCCCCCCCCOC1CCCCO1)C(F)(F)S(=O)(=O)F.O=C(OCCCCCCCCOC1CCCCO1)C(F)(F)S(=O)(=O)O/N=C(/c1ccccc1)C(F)(F)F. The second-order valence-corrected chi connectivity index (χ2v) is 19.4. The molecule has 2 unspecified atom stereocenters. The van der Waals surface area contributed by atoms with E-state index in [9.17, 15) is 74.2 Å². The van der Waals surface area contributed by atoms with E-state index in [2.05, 4.69) is 24.1 Å². The van der Waals surface area contributed by atoms with E-state index in [4.69, 9.17) is 24.2 Å². The molecule has 4 rings (SSSR count). The van der Waals surface area contributed by atoms with Crippen LogP contribution in [0.15, 0.2) is 71.0 Å². The van der Waals surface area contributed by atoms with Crippen molar-refractivity contribution in [2.45, 2.75) is 151 Å². The Labute approximate surface area is 427 Å². The van der Waals surface area contributed by atoms with E-state index in [1.54, 1.807) is 6.07 Å². The van der Waals surface area contributed by atoms with Gasteiger partial charge in [-0.2, -0.15) is 60.7 Å². The molecule has 29 heteroatoms. The van der Waals surface area contributed by atoms with E-state index in [0.717, 1.165) is 109 Å². The highest BCUT2D eigenvalue weighted by Gasteiger charge is 2.58. The number of oxime groups is 2. The number of unbranched alkanes of at least 4 members (excludes halogenated alkanes) is 10. The molecule has 2 heterocycles. The van der Waals surface area contributed by atoms with Crippen LogP contribution in [0, 0.1) is 0 Å². The van der Waals surface area contributed by atoms with Gasteiger partial charge in [0, 0.05) is 37.6 Å². The van der Waals surface area contributed by atoms with Gasteiger partial charge in [-0.3, -0.25) is 4.28 Å². The number of carbonyl (C=O) groups excluding carboxylic acids is 2. The first-order valence-corrected chi connectivity index (χ1v) is 26.5. The van der Waals surface area contributed by atoms with Crippen LogP contribution in [-0.4, -0.2) is 120 Å². The third-order valence-corrected chi connectivity index (χ3v) is 12.3. The molecule has 2 aromatic carbocycles. The topological polar surface area (TPSA) is 212 Å². The number of halogens is 11.